The molecule has 2 aliphatic rings. The molecule has 164 valence electrons. The molecule has 1 saturated heterocycles. The number of aryl methyl sites for hydroxylation is 2. The van der Waals surface area contributed by atoms with Crippen LogP contribution in [0.1, 0.15) is 47.8 Å². The van der Waals surface area contributed by atoms with Crippen molar-refractivity contribution >= 4 is 17.6 Å². The molecule has 3 heterocycles. The second kappa shape index (κ2) is 9.56. The highest BCUT2D eigenvalue weighted by Crippen LogP contribution is 2.32. The average molecular weight is 423 g/mol. The SMILES string of the molecule is COCC(=O)N1CCC(c2nc(C)c3c(n2)N(CCCc2ccccc2)C(=O)CC3)C1. The summed E-state index contributed by atoms with van der Waals surface area (Å²) < 4.78 is 4.98. The number of methoxy groups -OCH3 is 1. The first-order valence-corrected chi connectivity index (χ1v) is 11.0. The molecule has 2 amide bonds. The van der Waals surface area contributed by atoms with Gasteiger partial charge in [-0.25, -0.2) is 9.97 Å². The molecule has 0 aliphatic carbocycles. The number of likely N-dealkylation sites (tertiary alicyclic amines) is 1. The number of nitrogens with zero attached hydrogens (tertiary/aromatic N) is 4. The summed E-state index contributed by atoms with van der Waals surface area (Å²) in [6.07, 6.45) is 3.84. The first kappa shape index (κ1) is 21.4. The Kier molecular flexibility index (Phi) is 6.61. The Bertz CT molecular complexity index is 947. The lowest BCUT2D eigenvalue weighted by atomic mass is 10.0. The molecular weight excluding hydrogens is 392 g/mol. The maximum Gasteiger partial charge on any atom is 0.248 e. The van der Waals surface area contributed by atoms with E-state index in [9.17, 15) is 9.59 Å². The number of carbonyl (C=O) groups excluding carboxylic acids is 2. The van der Waals surface area contributed by atoms with Crippen molar-refractivity contribution in [1.82, 2.24) is 14.9 Å². The van der Waals surface area contributed by atoms with Crippen molar-refractivity contribution in [2.75, 3.05) is 38.3 Å². The molecule has 31 heavy (non-hydrogen) atoms. The molecule has 0 N–H and O–H groups in total. The molecule has 0 saturated carbocycles. The largest absolute Gasteiger partial charge is 0.375 e. The Morgan fingerprint density at radius 1 is 1.19 bits per heavy atom. The first-order chi connectivity index (χ1) is 15.1. The van der Waals surface area contributed by atoms with Crippen molar-refractivity contribution in [3.8, 4) is 0 Å². The zero-order valence-corrected chi connectivity index (χ0v) is 18.3. The molecule has 4 rings (SSSR count). The van der Waals surface area contributed by atoms with Gasteiger partial charge in [0, 0.05) is 50.3 Å². The van der Waals surface area contributed by atoms with Crippen molar-refractivity contribution in [1.29, 1.82) is 0 Å². The lowest BCUT2D eigenvalue weighted by Crippen LogP contribution is -2.38. The standard InChI is InChI=1S/C24H30N4O3/c1-17-20-10-11-21(29)28(13-6-9-18-7-4-3-5-8-18)24(20)26-23(25-17)19-12-14-27(15-19)22(30)16-31-2/h3-5,7-8,19H,6,9-16H2,1-2H3. The number of carbonyl (C=O) groups is 2. The van der Waals surface area contributed by atoms with Gasteiger partial charge in [0.1, 0.15) is 18.2 Å². The summed E-state index contributed by atoms with van der Waals surface area (Å²) in [7, 11) is 1.53. The molecule has 7 nitrogen and oxygen atoms in total. The van der Waals surface area contributed by atoms with Crippen LogP contribution in [0.5, 0.6) is 0 Å². The number of anilines is 1. The van der Waals surface area contributed by atoms with Gasteiger partial charge in [0.05, 0.1) is 0 Å². The van der Waals surface area contributed by atoms with E-state index in [4.69, 9.17) is 14.7 Å². The van der Waals surface area contributed by atoms with Crippen LogP contribution >= 0.6 is 0 Å². The fourth-order valence-electron chi connectivity index (χ4n) is 4.51. The van der Waals surface area contributed by atoms with Gasteiger partial charge >= 0.3 is 0 Å². The summed E-state index contributed by atoms with van der Waals surface area (Å²) in [6.45, 7) is 4.04. The number of fused-ring (bicyclic) bond motifs is 1. The average Bonchev–Trinajstić information content (AvgIpc) is 3.27. The Morgan fingerprint density at radius 3 is 2.77 bits per heavy atom. The highest BCUT2D eigenvalue weighted by atomic mass is 16.5. The van der Waals surface area contributed by atoms with Crippen LogP contribution in [0.15, 0.2) is 30.3 Å². The number of benzene rings is 1. The van der Waals surface area contributed by atoms with Crippen molar-refractivity contribution in [2.45, 2.75) is 44.9 Å². The van der Waals surface area contributed by atoms with Crippen LogP contribution in [0.3, 0.4) is 0 Å². The van der Waals surface area contributed by atoms with Gasteiger partial charge in [-0.15, -0.1) is 0 Å². The third-order valence-corrected chi connectivity index (χ3v) is 6.22. The first-order valence-electron chi connectivity index (χ1n) is 11.0. The Hall–Kier alpha value is -2.80. The molecule has 1 unspecified atom stereocenters. The van der Waals surface area contributed by atoms with Gasteiger partial charge in [0.25, 0.3) is 0 Å². The number of ether oxygens (including phenoxy) is 1. The van der Waals surface area contributed by atoms with E-state index in [1.54, 1.807) is 0 Å². The molecule has 2 aromatic rings. The molecule has 7 heteroatoms. The third-order valence-electron chi connectivity index (χ3n) is 6.22. The summed E-state index contributed by atoms with van der Waals surface area (Å²) in [5.74, 6) is 1.73. The van der Waals surface area contributed by atoms with E-state index in [-0.39, 0.29) is 24.3 Å². The minimum atomic E-state index is -0.00241. The van der Waals surface area contributed by atoms with E-state index in [0.29, 0.717) is 32.5 Å². The Labute approximate surface area is 183 Å². The van der Waals surface area contributed by atoms with Gasteiger partial charge in [-0.05, 0) is 38.2 Å². The molecule has 2 aliphatic heterocycles. The van der Waals surface area contributed by atoms with E-state index in [0.717, 1.165) is 42.2 Å². The summed E-state index contributed by atoms with van der Waals surface area (Å²) in [6, 6.07) is 10.3. The van der Waals surface area contributed by atoms with Crippen molar-refractivity contribution in [2.24, 2.45) is 0 Å². The van der Waals surface area contributed by atoms with Gasteiger partial charge in [0.15, 0.2) is 0 Å². The van der Waals surface area contributed by atoms with E-state index in [1.807, 2.05) is 34.9 Å². The lowest BCUT2D eigenvalue weighted by molar-refractivity contribution is -0.134. The molecule has 1 fully saturated rings. The van der Waals surface area contributed by atoms with Crippen LogP contribution < -0.4 is 4.90 Å². The van der Waals surface area contributed by atoms with E-state index in [2.05, 4.69) is 12.1 Å². The predicted molar refractivity (Wildman–Crippen MR) is 118 cm³/mol. The molecule has 0 radical (unpaired) electrons. The maximum atomic E-state index is 12.8. The summed E-state index contributed by atoms with van der Waals surface area (Å²) in [4.78, 5) is 38.2. The summed E-state index contributed by atoms with van der Waals surface area (Å²) in [5, 5.41) is 0. The Morgan fingerprint density at radius 2 is 2.00 bits per heavy atom. The third kappa shape index (κ3) is 4.77. The molecular formula is C24H30N4O3. The van der Waals surface area contributed by atoms with Gasteiger partial charge in [0.2, 0.25) is 11.8 Å². The number of aromatic nitrogens is 2. The highest BCUT2D eigenvalue weighted by molar-refractivity contribution is 5.95. The second-order valence-electron chi connectivity index (χ2n) is 8.36. The van der Waals surface area contributed by atoms with Crippen LogP contribution in [-0.2, 0) is 27.2 Å². The minimum absolute atomic E-state index is 0.00241. The monoisotopic (exact) mass is 422 g/mol. The summed E-state index contributed by atoms with van der Waals surface area (Å²) >= 11 is 0. The topological polar surface area (TPSA) is 75.6 Å². The van der Waals surface area contributed by atoms with Crippen LogP contribution in [0.2, 0.25) is 0 Å². The minimum Gasteiger partial charge on any atom is -0.375 e. The van der Waals surface area contributed by atoms with E-state index >= 15 is 0 Å². The van der Waals surface area contributed by atoms with Gasteiger partial charge in [-0.2, -0.15) is 0 Å². The summed E-state index contributed by atoms with van der Waals surface area (Å²) in [5.41, 5.74) is 3.30. The Balaban J connectivity index is 1.51. The van der Waals surface area contributed by atoms with Crippen LogP contribution in [0.4, 0.5) is 5.82 Å². The molecule has 1 aromatic carbocycles. The second-order valence-corrected chi connectivity index (χ2v) is 8.36. The molecule has 1 atom stereocenters. The van der Waals surface area contributed by atoms with Gasteiger partial charge in [-0.1, -0.05) is 30.3 Å². The number of rotatable bonds is 7. The smallest absolute Gasteiger partial charge is 0.248 e. The number of amides is 2. The normalized spacial score (nSPS) is 18.4. The predicted octanol–water partition coefficient (Wildman–Crippen LogP) is 2.66. The fourth-order valence-corrected chi connectivity index (χ4v) is 4.51. The van der Waals surface area contributed by atoms with Crippen LogP contribution in [0.25, 0.3) is 0 Å². The highest BCUT2D eigenvalue weighted by Gasteiger charge is 2.32. The van der Waals surface area contributed by atoms with Crippen LogP contribution in [-0.4, -0.2) is 60.0 Å². The van der Waals surface area contributed by atoms with Crippen molar-refractivity contribution < 1.29 is 14.3 Å². The number of hydrogen-bond donors (Lipinski definition) is 0. The van der Waals surface area contributed by atoms with Crippen molar-refractivity contribution in [3.63, 3.8) is 0 Å². The molecule has 0 bridgehead atoms. The quantitative estimate of drug-likeness (QED) is 0.686. The molecule has 1 aromatic heterocycles. The zero-order chi connectivity index (χ0) is 21.8. The van der Waals surface area contributed by atoms with Crippen molar-refractivity contribution in [3.05, 3.63) is 53.0 Å². The number of hydrogen-bond acceptors (Lipinski definition) is 5. The van der Waals surface area contributed by atoms with Gasteiger partial charge < -0.3 is 9.64 Å². The van der Waals surface area contributed by atoms with Gasteiger partial charge in [-0.3, -0.25) is 14.5 Å². The van der Waals surface area contributed by atoms with E-state index in [1.165, 1.54) is 12.7 Å². The fraction of sp³-hybridized carbons (Fsp3) is 0.500. The van der Waals surface area contributed by atoms with E-state index < -0.39 is 0 Å². The lowest BCUT2D eigenvalue weighted by Gasteiger charge is -2.30. The molecule has 0 spiro atoms. The zero-order valence-electron chi connectivity index (χ0n) is 18.3. The maximum absolute atomic E-state index is 12.8. The van der Waals surface area contributed by atoms with Crippen LogP contribution in [0, 0.1) is 6.92 Å².